The van der Waals surface area contributed by atoms with E-state index in [1.54, 1.807) is 0 Å². The van der Waals surface area contributed by atoms with Gasteiger partial charge >= 0.3 is 0 Å². The molecule has 9 heteroatoms. The van der Waals surface area contributed by atoms with Crippen LogP contribution in [0.1, 0.15) is 0 Å². The molecule has 0 atom stereocenters. The zero-order valence-corrected chi connectivity index (χ0v) is 12.9. The fraction of sp³-hybridized carbons (Fsp3) is 0. The van der Waals surface area contributed by atoms with E-state index in [0.29, 0.717) is 5.02 Å². The molecule has 20 heavy (non-hydrogen) atoms. The molecule has 0 aliphatic heterocycles. The first-order chi connectivity index (χ1) is 9.29. The normalized spacial score (nSPS) is 11.3. The van der Waals surface area contributed by atoms with Crippen molar-refractivity contribution >= 4 is 56.3 Å². The number of hydrogen-bond acceptors (Lipinski definition) is 4. The lowest BCUT2D eigenvalue weighted by Crippen LogP contribution is -2.14. The molecule has 2 rings (SSSR count). The van der Waals surface area contributed by atoms with E-state index >= 15 is 0 Å². The second-order valence-corrected chi connectivity index (χ2v) is 6.70. The van der Waals surface area contributed by atoms with E-state index in [9.17, 15) is 8.42 Å². The second-order valence-electron chi connectivity index (χ2n) is 3.77. The first kappa shape index (κ1) is 15.2. The largest absolute Gasteiger partial charge is 0.384 e. The van der Waals surface area contributed by atoms with Crippen LogP contribution in [0.15, 0.2) is 35.4 Å². The molecule has 0 spiro atoms. The Kier molecular flexibility index (Phi) is 4.29. The summed E-state index contributed by atoms with van der Waals surface area (Å²) in [5, 5.41) is 0.484. The Morgan fingerprint density at radius 2 is 1.70 bits per heavy atom. The average Bonchev–Trinajstić information content (AvgIpc) is 2.34. The Labute approximate surface area is 130 Å². The second kappa shape index (κ2) is 5.65. The van der Waals surface area contributed by atoms with Crippen LogP contribution in [0.5, 0.6) is 0 Å². The first-order valence-electron chi connectivity index (χ1n) is 5.18. The summed E-state index contributed by atoms with van der Waals surface area (Å²) >= 11 is 17.6. The molecular weight excluding hydrogens is 345 g/mol. The van der Waals surface area contributed by atoms with Crippen LogP contribution < -0.4 is 10.5 Å². The molecule has 2 aromatic rings. The highest BCUT2D eigenvalue weighted by molar-refractivity contribution is 7.92. The van der Waals surface area contributed by atoms with Gasteiger partial charge in [0.2, 0.25) is 0 Å². The van der Waals surface area contributed by atoms with Gasteiger partial charge in [-0.1, -0.05) is 34.8 Å². The maximum absolute atomic E-state index is 12.2. The molecule has 0 saturated carbocycles. The van der Waals surface area contributed by atoms with Crippen molar-refractivity contribution in [1.29, 1.82) is 0 Å². The summed E-state index contributed by atoms with van der Waals surface area (Å²) in [6.07, 6.45) is 1.29. The first-order valence-corrected chi connectivity index (χ1v) is 7.80. The topological polar surface area (TPSA) is 85.1 Å². The maximum Gasteiger partial charge on any atom is 0.262 e. The number of nitrogens with zero attached hydrogens (tertiary/aromatic N) is 1. The number of aromatic nitrogens is 1. The average molecular weight is 353 g/mol. The third kappa shape index (κ3) is 3.27. The van der Waals surface area contributed by atoms with E-state index in [4.69, 9.17) is 40.5 Å². The third-order valence-electron chi connectivity index (χ3n) is 2.31. The number of nitrogen functional groups attached to an aromatic ring is 1. The molecule has 1 aromatic carbocycles. The maximum atomic E-state index is 12.2. The number of nitrogens with one attached hydrogen (secondary N) is 1. The number of benzene rings is 1. The number of halogens is 3. The smallest absolute Gasteiger partial charge is 0.262 e. The molecule has 0 fully saturated rings. The van der Waals surface area contributed by atoms with Gasteiger partial charge in [0, 0.05) is 17.3 Å². The van der Waals surface area contributed by atoms with Gasteiger partial charge in [0.25, 0.3) is 10.0 Å². The van der Waals surface area contributed by atoms with Gasteiger partial charge in [-0.3, -0.25) is 4.72 Å². The van der Waals surface area contributed by atoms with Crippen LogP contribution in [0.25, 0.3) is 0 Å². The predicted molar refractivity (Wildman–Crippen MR) is 80.9 cm³/mol. The van der Waals surface area contributed by atoms with Crippen molar-refractivity contribution in [1.82, 2.24) is 4.98 Å². The lowest BCUT2D eigenvalue weighted by atomic mass is 10.3. The lowest BCUT2D eigenvalue weighted by molar-refractivity contribution is 0.601. The van der Waals surface area contributed by atoms with Crippen LogP contribution in [0, 0.1) is 0 Å². The van der Waals surface area contributed by atoms with Crippen molar-refractivity contribution in [3.8, 4) is 0 Å². The van der Waals surface area contributed by atoms with E-state index in [1.165, 1.54) is 30.5 Å². The summed E-state index contributed by atoms with van der Waals surface area (Å²) in [5.74, 6) is 0.0844. The molecule has 1 aromatic heterocycles. The number of anilines is 2. The van der Waals surface area contributed by atoms with Gasteiger partial charge in [0.05, 0.1) is 20.6 Å². The van der Waals surface area contributed by atoms with Gasteiger partial charge < -0.3 is 5.73 Å². The SMILES string of the molecule is Nc1cc(S(=O)(=O)Nc2c(Cl)cc(Cl)cc2Cl)ccn1. The molecule has 0 aliphatic rings. The lowest BCUT2D eigenvalue weighted by Gasteiger charge is -2.11. The van der Waals surface area contributed by atoms with Gasteiger partial charge in [-0.05, 0) is 18.2 Å². The minimum absolute atomic E-state index is 0.0490. The molecule has 106 valence electrons. The summed E-state index contributed by atoms with van der Waals surface area (Å²) < 4.78 is 26.7. The van der Waals surface area contributed by atoms with Gasteiger partial charge in [0.15, 0.2) is 0 Å². The minimum Gasteiger partial charge on any atom is -0.384 e. The van der Waals surface area contributed by atoms with E-state index in [0.717, 1.165) is 0 Å². The van der Waals surface area contributed by atoms with Crippen molar-refractivity contribution in [3.63, 3.8) is 0 Å². The summed E-state index contributed by atoms with van der Waals surface area (Å²) in [6, 6.07) is 5.29. The number of rotatable bonds is 3. The molecule has 0 unspecified atom stereocenters. The molecule has 0 bridgehead atoms. The van der Waals surface area contributed by atoms with Crippen LogP contribution in [0.3, 0.4) is 0 Å². The highest BCUT2D eigenvalue weighted by Gasteiger charge is 2.18. The van der Waals surface area contributed by atoms with Crippen molar-refractivity contribution < 1.29 is 8.42 Å². The van der Waals surface area contributed by atoms with Crippen LogP contribution in [0.2, 0.25) is 15.1 Å². The van der Waals surface area contributed by atoms with Gasteiger partial charge in [-0.2, -0.15) is 0 Å². The van der Waals surface area contributed by atoms with Crippen molar-refractivity contribution in [2.45, 2.75) is 4.90 Å². The third-order valence-corrected chi connectivity index (χ3v) is 4.47. The molecule has 0 amide bonds. The molecular formula is C11H8Cl3N3O2S. The standard InChI is InChI=1S/C11H8Cl3N3O2S/c12-6-3-8(13)11(9(14)4-6)17-20(18,19)7-1-2-16-10(15)5-7/h1-5,17H,(H2,15,16). The zero-order chi connectivity index (χ0) is 14.9. The van der Waals surface area contributed by atoms with Crippen molar-refractivity contribution in [2.24, 2.45) is 0 Å². The van der Waals surface area contributed by atoms with Crippen molar-refractivity contribution in [3.05, 3.63) is 45.5 Å². The highest BCUT2D eigenvalue weighted by atomic mass is 35.5. The Morgan fingerprint density at radius 3 is 2.25 bits per heavy atom. The number of pyridine rings is 1. The fourth-order valence-electron chi connectivity index (χ4n) is 1.43. The summed E-state index contributed by atoms with van der Waals surface area (Å²) in [7, 11) is -3.88. The van der Waals surface area contributed by atoms with Crippen molar-refractivity contribution in [2.75, 3.05) is 10.5 Å². The molecule has 5 nitrogen and oxygen atoms in total. The predicted octanol–water partition coefficient (Wildman–Crippen LogP) is 3.42. The van der Waals surface area contributed by atoms with Crippen LogP contribution in [0.4, 0.5) is 11.5 Å². The van der Waals surface area contributed by atoms with Gasteiger partial charge in [-0.15, -0.1) is 0 Å². The zero-order valence-electron chi connectivity index (χ0n) is 9.77. The van der Waals surface area contributed by atoms with Crippen LogP contribution in [-0.4, -0.2) is 13.4 Å². The van der Waals surface area contributed by atoms with E-state index < -0.39 is 10.0 Å². The molecule has 0 radical (unpaired) electrons. The Bertz CT molecular complexity index is 742. The minimum atomic E-state index is -3.88. The van der Waals surface area contributed by atoms with E-state index in [1.807, 2.05) is 0 Å². The van der Waals surface area contributed by atoms with E-state index in [-0.39, 0.29) is 26.4 Å². The van der Waals surface area contributed by atoms with Crippen LogP contribution >= 0.6 is 34.8 Å². The summed E-state index contributed by atoms with van der Waals surface area (Å²) in [5.41, 5.74) is 5.50. The number of hydrogen-bond donors (Lipinski definition) is 2. The fourth-order valence-corrected chi connectivity index (χ4v) is 3.57. The Balaban J connectivity index is 2.44. The van der Waals surface area contributed by atoms with Gasteiger partial charge in [0.1, 0.15) is 5.82 Å². The van der Waals surface area contributed by atoms with Gasteiger partial charge in [-0.25, -0.2) is 13.4 Å². The Morgan fingerprint density at radius 1 is 1.10 bits per heavy atom. The quantitative estimate of drug-likeness (QED) is 0.886. The molecule has 0 saturated heterocycles. The highest BCUT2D eigenvalue weighted by Crippen LogP contribution is 2.35. The number of nitrogens with two attached hydrogens (primary N) is 1. The Hall–Kier alpha value is -1.21. The monoisotopic (exact) mass is 351 g/mol. The molecule has 1 heterocycles. The van der Waals surface area contributed by atoms with E-state index in [2.05, 4.69) is 9.71 Å². The molecule has 3 N–H and O–H groups in total. The molecule has 0 aliphatic carbocycles. The summed E-state index contributed by atoms with van der Waals surface area (Å²) in [4.78, 5) is 3.67. The summed E-state index contributed by atoms with van der Waals surface area (Å²) in [6.45, 7) is 0. The van der Waals surface area contributed by atoms with Crippen LogP contribution in [-0.2, 0) is 10.0 Å². The number of sulfonamides is 1.